The van der Waals surface area contributed by atoms with E-state index in [1.807, 2.05) is 0 Å². The molecule has 0 bridgehead atoms. The fourth-order valence-electron chi connectivity index (χ4n) is 4.05. The number of nitrogens with one attached hydrogen (secondary N) is 2. The van der Waals surface area contributed by atoms with Gasteiger partial charge in [-0.25, -0.2) is 4.99 Å². The standard InChI is InChI=1S/C23H37N5O2.HI/c1-18-14-20(11-12-28(18)17-19-8-5-4-6-9-19)26-23(25-16-22(29)27(2)3)24-15-21-10-7-13-30-21;/h4-6,8-9,18,20-21H,7,10-17H2,1-3H3,(H2,24,25,26);1H. The zero-order chi connectivity index (χ0) is 21.3. The second kappa shape index (κ2) is 13.2. The maximum atomic E-state index is 12.0. The highest BCUT2D eigenvalue weighted by Crippen LogP contribution is 2.20. The first-order chi connectivity index (χ1) is 14.5. The van der Waals surface area contributed by atoms with Gasteiger partial charge in [0.1, 0.15) is 6.54 Å². The lowest BCUT2D eigenvalue weighted by atomic mass is 9.97. The smallest absolute Gasteiger partial charge is 0.243 e. The molecule has 0 aromatic heterocycles. The maximum Gasteiger partial charge on any atom is 0.243 e. The van der Waals surface area contributed by atoms with Gasteiger partial charge < -0.3 is 20.3 Å². The Morgan fingerprint density at radius 3 is 2.68 bits per heavy atom. The number of hydrogen-bond donors (Lipinski definition) is 2. The summed E-state index contributed by atoms with van der Waals surface area (Å²) in [7, 11) is 3.52. The number of ether oxygens (including phenoxy) is 1. The number of likely N-dealkylation sites (tertiary alicyclic amines) is 1. The molecule has 2 N–H and O–H groups in total. The number of guanidine groups is 1. The largest absolute Gasteiger partial charge is 0.376 e. The first-order valence-electron chi connectivity index (χ1n) is 11.2. The predicted octanol–water partition coefficient (Wildman–Crippen LogP) is 2.46. The lowest BCUT2D eigenvalue weighted by Crippen LogP contribution is -2.52. The molecule has 2 heterocycles. The number of amides is 1. The summed E-state index contributed by atoms with van der Waals surface area (Å²) in [5.41, 5.74) is 1.36. The van der Waals surface area contributed by atoms with E-state index in [-0.39, 0.29) is 42.5 Å². The lowest BCUT2D eigenvalue weighted by molar-refractivity contribution is -0.127. The highest BCUT2D eigenvalue weighted by atomic mass is 127. The molecule has 2 fully saturated rings. The van der Waals surface area contributed by atoms with Crippen LogP contribution in [0.25, 0.3) is 0 Å². The monoisotopic (exact) mass is 543 g/mol. The fourth-order valence-corrected chi connectivity index (χ4v) is 4.05. The molecule has 2 aliphatic rings. The first kappa shape index (κ1) is 25.9. The van der Waals surface area contributed by atoms with Gasteiger partial charge in [-0.15, -0.1) is 24.0 Å². The average Bonchev–Trinajstić information content (AvgIpc) is 3.26. The van der Waals surface area contributed by atoms with Gasteiger partial charge in [-0.2, -0.15) is 0 Å². The number of carbonyl (C=O) groups is 1. The SMILES string of the molecule is CC1CC(NC(=NCC(=O)N(C)C)NCC2CCCO2)CCN1Cc1ccccc1.I. The average molecular weight is 543 g/mol. The van der Waals surface area contributed by atoms with Gasteiger partial charge in [-0.1, -0.05) is 30.3 Å². The summed E-state index contributed by atoms with van der Waals surface area (Å²) in [6.07, 6.45) is 4.52. The first-order valence-corrected chi connectivity index (χ1v) is 11.2. The third kappa shape index (κ3) is 8.57. The molecule has 31 heavy (non-hydrogen) atoms. The minimum atomic E-state index is -0.000681. The van der Waals surface area contributed by atoms with E-state index < -0.39 is 0 Å². The van der Waals surface area contributed by atoms with E-state index in [4.69, 9.17) is 4.74 Å². The molecular weight excluding hydrogens is 505 g/mol. The highest BCUT2D eigenvalue weighted by molar-refractivity contribution is 14.0. The van der Waals surface area contributed by atoms with Gasteiger partial charge in [0.2, 0.25) is 5.91 Å². The molecule has 0 spiro atoms. The van der Waals surface area contributed by atoms with Gasteiger partial charge >= 0.3 is 0 Å². The van der Waals surface area contributed by atoms with Crippen LogP contribution in [0.3, 0.4) is 0 Å². The molecule has 1 amide bonds. The zero-order valence-corrected chi connectivity index (χ0v) is 21.4. The van der Waals surface area contributed by atoms with Crippen LogP contribution in [0.2, 0.25) is 0 Å². The summed E-state index contributed by atoms with van der Waals surface area (Å²) >= 11 is 0. The molecule has 1 aromatic carbocycles. The van der Waals surface area contributed by atoms with Gasteiger partial charge in [-0.05, 0) is 38.2 Å². The van der Waals surface area contributed by atoms with Crippen LogP contribution in [0.15, 0.2) is 35.3 Å². The third-order valence-electron chi connectivity index (χ3n) is 5.98. The Morgan fingerprint density at radius 1 is 1.26 bits per heavy atom. The van der Waals surface area contributed by atoms with Crippen LogP contribution in [0.5, 0.6) is 0 Å². The van der Waals surface area contributed by atoms with Crippen molar-refractivity contribution in [2.45, 2.75) is 57.3 Å². The normalized spacial score (nSPS) is 24.4. The van der Waals surface area contributed by atoms with Crippen LogP contribution in [0, 0.1) is 0 Å². The van der Waals surface area contributed by atoms with Crippen molar-refractivity contribution in [3.05, 3.63) is 35.9 Å². The van der Waals surface area contributed by atoms with E-state index in [1.54, 1.807) is 19.0 Å². The molecule has 2 aliphatic heterocycles. The summed E-state index contributed by atoms with van der Waals surface area (Å²) in [6, 6.07) is 11.5. The molecule has 174 valence electrons. The predicted molar refractivity (Wildman–Crippen MR) is 136 cm³/mol. The van der Waals surface area contributed by atoms with Gasteiger partial charge in [0, 0.05) is 52.4 Å². The lowest BCUT2D eigenvalue weighted by Gasteiger charge is -2.38. The summed E-state index contributed by atoms with van der Waals surface area (Å²) in [5.74, 6) is 0.716. The van der Waals surface area contributed by atoms with Crippen molar-refractivity contribution in [2.24, 2.45) is 4.99 Å². The van der Waals surface area contributed by atoms with Crippen molar-refractivity contribution < 1.29 is 9.53 Å². The number of nitrogens with zero attached hydrogens (tertiary/aromatic N) is 3. The van der Waals surface area contributed by atoms with Crippen LogP contribution in [-0.4, -0.2) is 80.2 Å². The van der Waals surface area contributed by atoms with Gasteiger partial charge in [0.15, 0.2) is 5.96 Å². The minimum absolute atomic E-state index is 0. The van der Waals surface area contributed by atoms with Crippen LogP contribution < -0.4 is 10.6 Å². The Morgan fingerprint density at radius 2 is 2.03 bits per heavy atom. The van der Waals surface area contributed by atoms with E-state index in [0.29, 0.717) is 12.1 Å². The summed E-state index contributed by atoms with van der Waals surface area (Å²) in [4.78, 5) is 20.7. The summed E-state index contributed by atoms with van der Waals surface area (Å²) in [5, 5.41) is 6.97. The van der Waals surface area contributed by atoms with Gasteiger partial charge in [0.05, 0.1) is 6.10 Å². The molecule has 0 saturated carbocycles. The molecule has 3 unspecified atom stereocenters. The van der Waals surface area contributed by atoms with Crippen LogP contribution in [-0.2, 0) is 16.1 Å². The van der Waals surface area contributed by atoms with E-state index in [1.165, 1.54) is 5.56 Å². The number of rotatable bonds is 7. The second-order valence-electron chi connectivity index (χ2n) is 8.64. The Bertz CT molecular complexity index is 694. The van der Waals surface area contributed by atoms with Gasteiger partial charge in [-0.3, -0.25) is 9.69 Å². The number of halogens is 1. The topological polar surface area (TPSA) is 69.2 Å². The van der Waals surface area contributed by atoms with Crippen LogP contribution in [0.4, 0.5) is 0 Å². The quantitative estimate of drug-likeness (QED) is 0.314. The third-order valence-corrected chi connectivity index (χ3v) is 5.98. The molecule has 3 rings (SSSR count). The van der Waals surface area contributed by atoms with Gasteiger partial charge in [0.25, 0.3) is 0 Å². The molecule has 0 radical (unpaired) electrons. The molecule has 8 heteroatoms. The molecule has 0 aliphatic carbocycles. The Balaban J connectivity index is 0.00000341. The van der Waals surface area contributed by atoms with Crippen molar-refractivity contribution in [2.75, 3.05) is 40.3 Å². The van der Waals surface area contributed by atoms with Crippen molar-refractivity contribution in [1.29, 1.82) is 0 Å². The van der Waals surface area contributed by atoms with E-state index in [9.17, 15) is 4.79 Å². The minimum Gasteiger partial charge on any atom is -0.376 e. The highest BCUT2D eigenvalue weighted by Gasteiger charge is 2.26. The van der Waals surface area contributed by atoms with Crippen molar-refractivity contribution in [3.8, 4) is 0 Å². The van der Waals surface area contributed by atoms with E-state index in [2.05, 4.69) is 57.8 Å². The Kier molecular flexibility index (Phi) is 11.0. The number of benzene rings is 1. The molecule has 1 aromatic rings. The number of hydrogen-bond acceptors (Lipinski definition) is 4. The maximum absolute atomic E-state index is 12.0. The summed E-state index contributed by atoms with van der Waals surface area (Å²) in [6.45, 7) is 6.04. The molecular formula is C23H38IN5O2. The van der Waals surface area contributed by atoms with Crippen molar-refractivity contribution >= 4 is 35.8 Å². The fraction of sp³-hybridized carbons (Fsp3) is 0.652. The van der Waals surface area contributed by atoms with Crippen molar-refractivity contribution in [1.82, 2.24) is 20.4 Å². The van der Waals surface area contributed by atoms with E-state index >= 15 is 0 Å². The van der Waals surface area contributed by atoms with Crippen molar-refractivity contribution in [3.63, 3.8) is 0 Å². The van der Waals surface area contributed by atoms with E-state index in [0.717, 1.165) is 57.9 Å². The Hall–Kier alpha value is -1.39. The molecule has 7 nitrogen and oxygen atoms in total. The second-order valence-corrected chi connectivity index (χ2v) is 8.64. The number of piperidine rings is 1. The zero-order valence-electron chi connectivity index (χ0n) is 19.0. The number of likely N-dealkylation sites (N-methyl/N-ethyl adjacent to an activating group) is 1. The molecule has 3 atom stereocenters. The number of carbonyl (C=O) groups excluding carboxylic acids is 1. The van der Waals surface area contributed by atoms with Crippen LogP contribution in [0.1, 0.15) is 38.2 Å². The Labute approximate surface area is 204 Å². The number of aliphatic imine (C=N–C) groups is 1. The summed E-state index contributed by atoms with van der Waals surface area (Å²) < 4.78 is 5.72. The van der Waals surface area contributed by atoms with Crippen LogP contribution >= 0.6 is 24.0 Å². The molecule has 2 saturated heterocycles.